The second-order valence-electron chi connectivity index (χ2n) is 5.03. The average Bonchev–Trinajstić information content (AvgIpc) is 3.02. The molecule has 0 amide bonds. The van der Waals surface area contributed by atoms with Crippen LogP contribution in [0.25, 0.3) is 0 Å². The van der Waals surface area contributed by atoms with Crippen LogP contribution < -0.4 is 5.43 Å². The Morgan fingerprint density at radius 2 is 1.86 bits per heavy atom. The summed E-state index contributed by atoms with van der Waals surface area (Å²) in [5.41, 5.74) is 4.92. The SMILES string of the molecule is Fc1ccccc1CSCCN1CNN=C1c1ccccc1. The molecule has 0 spiro atoms. The van der Waals surface area contributed by atoms with Crippen LogP contribution in [0.3, 0.4) is 0 Å². The van der Waals surface area contributed by atoms with Gasteiger partial charge in [0.2, 0.25) is 0 Å². The highest BCUT2D eigenvalue weighted by molar-refractivity contribution is 7.98. The summed E-state index contributed by atoms with van der Waals surface area (Å²) in [5, 5.41) is 4.36. The van der Waals surface area contributed by atoms with E-state index >= 15 is 0 Å². The van der Waals surface area contributed by atoms with Gasteiger partial charge in [0.25, 0.3) is 0 Å². The molecule has 114 valence electrons. The predicted octanol–water partition coefficient (Wildman–Crippen LogP) is 3.28. The third-order valence-corrected chi connectivity index (χ3v) is 4.49. The highest BCUT2D eigenvalue weighted by Crippen LogP contribution is 2.16. The number of hydrogen-bond donors (Lipinski definition) is 1. The number of hydrazone groups is 1. The summed E-state index contributed by atoms with van der Waals surface area (Å²) < 4.78 is 13.5. The molecule has 0 fully saturated rings. The molecule has 1 aliphatic heterocycles. The summed E-state index contributed by atoms with van der Waals surface area (Å²) in [6, 6.07) is 17.1. The Bertz CT molecular complexity index is 645. The smallest absolute Gasteiger partial charge is 0.157 e. The molecule has 3 nitrogen and oxygen atoms in total. The van der Waals surface area contributed by atoms with E-state index in [4.69, 9.17) is 0 Å². The van der Waals surface area contributed by atoms with Gasteiger partial charge < -0.3 is 4.90 Å². The Hall–Kier alpha value is -2.01. The lowest BCUT2D eigenvalue weighted by Gasteiger charge is -2.18. The second kappa shape index (κ2) is 7.31. The van der Waals surface area contributed by atoms with Crippen molar-refractivity contribution in [1.82, 2.24) is 10.3 Å². The first-order chi connectivity index (χ1) is 10.8. The third-order valence-electron chi connectivity index (χ3n) is 3.50. The van der Waals surface area contributed by atoms with Crippen LogP contribution in [-0.4, -0.2) is 29.7 Å². The van der Waals surface area contributed by atoms with Crippen LogP contribution in [0.4, 0.5) is 4.39 Å². The second-order valence-corrected chi connectivity index (χ2v) is 6.13. The maximum Gasteiger partial charge on any atom is 0.157 e. The van der Waals surface area contributed by atoms with Crippen LogP contribution in [0.2, 0.25) is 0 Å². The fourth-order valence-electron chi connectivity index (χ4n) is 2.33. The van der Waals surface area contributed by atoms with Crippen LogP contribution in [0.5, 0.6) is 0 Å². The molecule has 2 aromatic carbocycles. The van der Waals surface area contributed by atoms with E-state index in [0.29, 0.717) is 5.75 Å². The van der Waals surface area contributed by atoms with Crippen molar-refractivity contribution in [1.29, 1.82) is 0 Å². The molecule has 0 aromatic heterocycles. The molecule has 1 N–H and O–H groups in total. The molecular formula is C17H18FN3S. The summed E-state index contributed by atoms with van der Waals surface area (Å²) in [7, 11) is 0. The van der Waals surface area contributed by atoms with Gasteiger partial charge in [-0.1, -0.05) is 48.5 Å². The van der Waals surface area contributed by atoms with Gasteiger partial charge >= 0.3 is 0 Å². The Labute approximate surface area is 134 Å². The predicted molar refractivity (Wildman–Crippen MR) is 90.2 cm³/mol. The lowest BCUT2D eigenvalue weighted by molar-refractivity contribution is 0.450. The molecule has 0 radical (unpaired) electrons. The Morgan fingerprint density at radius 3 is 2.68 bits per heavy atom. The lowest BCUT2D eigenvalue weighted by atomic mass is 10.2. The highest BCUT2D eigenvalue weighted by Gasteiger charge is 2.17. The fourth-order valence-corrected chi connectivity index (χ4v) is 3.28. The summed E-state index contributed by atoms with van der Waals surface area (Å²) in [6.07, 6.45) is 0. The van der Waals surface area contributed by atoms with Gasteiger partial charge in [-0.15, -0.1) is 0 Å². The van der Waals surface area contributed by atoms with Crippen molar-refractivity contribution in [2.24, 2.45) is 5.10 Å². The summed E-state index contributed by atoms with van der Waals surface area (Å²) in [4.78, 5) is 2.21. The molecule has 22 heavy (non-hydrogen) atoms. The van der Waals surface area contributed by atoms with E-state index in [0.717, 1.165) is 35.9 Å². The molecule has 1 heterocycles. The van der Waals surface area contributed by atoms with Crippen molar-refractivity contribution in [3.8, 4) is 0 Å². The van der Waals surface area contributed by atoms with E-state index < -0.39 is 0 Å². The average molecular weight is 315 g/mol. The number of amidine groups is 1. The Balaban J connectivity index is 1.50. The fraction of sp³-hybridized carbons (Fsp3) is 0.235. The minimum absolute atomic E-state index is 0.121. The molecule has 0 atom stereocenters. The quantitative estimate of drug-likeness (QED) is 0.829. The number of nitrogens with one attached hydrogen (secondary N) is 1. The van der Waals surface area contributed by atoms with Crippen LogP contribution in [0, 0.1) is 5.82 Å². The topological polar surface area (TPSA) is 27.6 Å². The van der Waals surface area contributed by atoms with Gasteiger partial charge in [0.15, 0.2) is 5.84 Å². The van der Waals surface area contributed by atoms with E-state index in [1.807, 2.05) is 30.3 Å². The van der Waals surface area contributed by atoms with Gasteiger partial charge in [-0.25, -0.2) is 4.39 Å². The highest BCUT2D eigenvalue weighted by atomic mass is 32.2. The van der Waals surface area contributed by atoms with Gasteiger partial charge in [0.1, 0.15) is 12.5 Å². The van der Waals surface area contributed by atoms with E-state index in [1.54, 1.807) is 17.8 Å². The summed E-state index contributed by atoms with van der Waals surface area (Å²) in [6.45, 7) is 1.62. The van der Waals surface area contributed by atoms with Gasteiger partial charge in [-0.2, -0.15) is 16.9 Å². The van der Waals surface area contributed by atoms with Crippen molar-refractivity contribution >= 4 is 17.6 Å². The molecule has 3 rings (SSSR count). The van der Waals surface area contributed by atoms with E-state index in [9.17, 15) is 4.39 Å². The molecule has 0 saturated carbocycles. The third kappa shape index (κ3) is 3.60. The molecule has 5 heteroatoms. The van der Waals surface area contributed by atoms with Crippen molar-refractivity contribution in [2.75, 3.05) is 19.0 Å². The first kappa shape index (κ1) is 14.9. The zero-order chi connectivity index (χ0) is 15.2. The summed E-state index contributed by atoms with van der Waals surface area (Å²) >= 11 is 1.74. The maximum atomic E-state index is 13.5. The largest absolute Gasteiger partial charge is 0.335 e. The van der Waals surface area contributed by atoms with Crippen molar-refractivity contribution in [3.05, 3.63) is 71.5 Å². The Kier molecular flexibility index (Phi) is 4.96. The van der Waals surface area contributed by atoms with Crippen molar-refractivity contribution < 1.29 is 4.39 Å². The number of halogens is 1. The molecular weight excluding hydrogens is 297 g/mol. The normalized spacial score (nSPS) is 13.9. The van der Waals surface area contributed by atoms with Gasteiger partial charge in [0, 0.05) is 23.6 Å². The number of rotatable bonds is 6. The zero-order valence-corrected chi connectivity index (χ0v) is 13.0. The molecule has 2 aromatic rings. The standard InChI is InChI=1S/C17H18FN3S/c18-16-9-5-4-8-15(16)12-22-11-10-21-13-19-20-17(21)14-6-2-1-3-7-14/h1-9,19H,10-13H2. The molecule has 0 unspecified atom stereocenters. The Morgan fingerprint density at radius 1 is 1.09 bits per heavy atom. The van der Waals surface area contributed by atoms with E-state index in [2.05, 4.69) is 27.6 Å². The zero-order valence-electron chi connectivity index (χ0n) is 12.2. The van der Waals surface area contributed by atoms with Gasteiger partial charge in [-0.3, -0.25) is 5.43 Å². The van der Waals surface area contributed by atoms with Crippen LogP contribution in [0.1, 0.15) is 11.1 Å². The molecule has 0 aliphatic carbocycles. The lowest BCUT2D eigenvalue weighted by Crippen LogP contribution is -2.32. The van der Waals surface area contributed by atoms with Crippen molar-refractivity contribution in [3.63, 3.8) is 0 Å². The van der Waals surface area contributed by atoms with Crippen LogP contribution in [-0.2, 0) is 5.75 Å². The van der Waals surface area contributed by atoms with E-state index in [-0.39, 0.29) is 5.82 Å². The monoisotopic (exact) mass is 315 g/mol. The maximum absolute atomic E-state index is 13.5. The van der Waals surface area contributed by atoms with Crippen molar-refractivity contribution in [2.45, 2.75) is 5.75 Å². The van der Waals surface area contributed by atoms with Gasteiger partial charge in [0.05, 0.1) is 0 Å². The summed E-state index contributed by atoms with van der Waals surface area (Å²) in [5.74, 6) is 2.49. The molecule has 0 bridgehead atoms. The number of nitrogens with zero attached hydrogens (tertiary/aromatic N) is 2. The minimum Gasteiger partial charge on any atom is -0.335 e. The molecule has 1 aliphatic rings. The first-order valence-electron chi connectivity index (χ1n) is 7.26. The first-order valence-corrected chi connectivity index (χ1v) is 8.42. The van der Waals surface area contributed by atoms with Crippen LogP contribution >= 0.6 is 11.8 Å². The minimum atomic E-state index is -0.121. The van der Waals surface area contributed by atoms with Crippen LogP contribution in [0.15, 0.2) is 59.7 Å². The number of hydrogen-bond acceptors (Lipinski definition) is 4. The molecule has 0 saturated heterocycles. The van der Waals surface area contributed by atoms with E-state index in [1.165, 1.54) is 6.07 Å². The van der Waals surface area contributed by atoms with Gasteiger partial charge in [-0.05, 0) is 11.6 Å². The number of thioether (sulfide) groups is 1. The number of benzene rings is 2.